The number of carbonyl (C=O) groups excluding carboxylic acids is 1. The molecule has 0 spiro atoms. The zero-order chi connectivity index (χ0) is 16.4. The first-order chi connectivity index (χ1) is 11.0. The van der Waals surface area contributed by atoms with E-state index < -0.39 is 0 Å². The molecule has 1 N–H and O–H groups in total. The van der Waals surface area contributed by atoms with E-state index in [4.69, 9.17) is 0 Å². The molecule has 0 aliphatic carbocycles. The van der Waals surface area contributed by atoms with Crippen molar-refractivity contribution in [1.29, 1.82) is 0 Å². The Bertz CT molecular complexity index is 831. The van der Waals surface area contributed by atoms with Crippen LogP contribution in [0.1, 0.15) is 5.56 Å². The monoisotopic (exact) mass is 307 g/mol. The lowest BCUT2D eigenvalue weighted by molar-refractivity contribution is -0.127. The Hall–Kier alpha value is -2.75. The van der Waals surface area contributed by atoms with Gasteiger partial charge in [0.05, 0.1) is 6.42 Å². The van der Waals surface area contributed by atoms with Crippen molar-refractivity contribution in [2.45, 2.75) is 6.42 Å². The third-order valence-electron chi connectivity index (χ3n) is 4.02. The molecule has 1 amide bonds. The second-order valence-corrected chi connectivity index (χ2v) is 5.95. The third kappa shape index (κ3) is 3.21. The molecule has 0 saturated heterocycles. The smallest absolute Gasteiger partial charge is 0.226 e. The van der Waals surface area contributed by atoms with E-state index in [-0.39, 0.29) is 5.91 Å². The number of fused-ring (bicyclic) bond motifs is 1. The number of nitrogens with one attached hydrogen (secondary N) is 1. The highest BCUT2D eigenvalue weighted by molar-refractivity contribution is 5.94. The normalized spacial score (nSPS) is 10.7. The van der Waals surface area contributed by atoms with Gasteiger partial charge in [-0.15, -0.1) is 0 Å². The number of anilines is 2. The fourth-order valence-corrected chi connectivity index (χ4v) is 2.61. The van der Waals surface area contributed by atoms with E-state index in [2.05, 4.69) is 40.3 Å². The highest BCUT2D eigenvalue weighted by atomic mass is 16.2. The van der Waals surface area contributed by atoms with Crippen molar-refractivity contribution < 1.29 is 4.79 Å². The summed E-state index contributed by atoms with van der Waals surface area (Å²) in [6, 6.07) is 16.4. The Morgan fingerprint density at radius 2 is 1.83 bits per heavy atom. The predicted octanol–water partition coefficient (Wildman–Crippen LogP) is 3.55. The largest absolute Gasteiger partial charge is 0.355 e. The summed E-state index contributed by atoms with van der Waals surface area (Å²) in [4.78, 5) is 13.4. The maximum atomic E-state index is 11.7. The zero-order valence-electron chi connectivity index (χ0n) is 13.7. The topological polar surface area (TPSA) is 37.3 Å². The van der Waals surface area contributed by atoms with E-state index in [1.807, 2.05) is 31.3 Å². The van der Waals surface area contributed by atoms with Gasteiger partial charge in [-0.05, 0) is 35.9 Å². The average Bonchev–Trinajstić information content (AvgIpc) is 2.92. The number of rotatable bonds is 4. The lowest BCUT2D eigenvalue weighted by Gasteiger charge is -2.11. The maximum absolute atomic E-state index is 11.7. The van der Waals surface area contributed by atoms with E-state index in [0.717, 1.165) is 16.9 Å². The molecule has 118 valence electrons. The minimum absolute atomic E-state index is 0.111. The van der Waals surface area contributed by atoms with Crippen LogP contribution in [0.2, 0.25) is 0 Å². The van der Waals surface area contributed by atoms with E-state index in [9.17, 15) is 4.79 Å². The summed E-state index contributed by atoms with van der Waals surface area (Å²) >= 11 is 0. The molecular weight excluding hydrogens is 286 g/mol. The van der Waals surface area contributed by atoms with Crippen LogP contribution in [0.15, 0.2) is 54.7 Å². The summed E-state index contributed by atoms with van der Waals surface area (Å²) in [7, 11) is 5.60. The summed E-state index contributed by atoms with van der Waals surface area (Å²) < 4.78 is 2.11. The van der Waals surface area contributed by atoms with Crippen LogP contribution in [0.5, 0.6) is 0 Å². The molecule has 4 heteroatoms. The van der Waals surface area contributed by atoms with Gasteiger partial charge >= 0.3 is 0 Å². The fourth-order valence-electron chi connectivity index (χ4n) is 2.61. The summed E-state index contributed by atoms with van der Waals surface area (Å²) in [6.07, 6.45) is 2.49. The first-order valence-corrected chi connectivity index (χ1v) is 7.65. The van der Waals surface area contributed by atoms with E-state index in [1.54, 1.807) is 19.0 Å². The Labute approximate surface area is 136 Å². The molecule has 3 aromatic rings. The second-order valence-electron chi connectivity index (χ2n) is 5.95. The molecule has 0 fully saturated rings. The highest BCUT2D eigenvalue weighted by Crippen LogP contribution is 2.27. The summed E-state index contributed by atoms with van der Waals surface area (Å²) in [5, 5.41) is 4.65. The molecule has 0 unspecified atom stereocenters. The number of aromatic nitrogens is 1. The highest BCUT2D eigenvalue weighted by Gasteiger charge is 2.06. The molecule has 4 nitrogen and oxygen atoms in total. The molecule has 1 heterocycles. The number of aryl methyl sites for hydroxylation is 1. The van der Waals surface area contributed by atoms with Crippen molar-refractivity contribution in [3.8, 4) is 0 Å². The second kappa shape index (κ2) is 6.16. The van der Waals surface area contributed by atoms with Crippen molar-refractivity contribution in [3.63, 3.8) is 0 Å². The quantitative estimate of drug-likeness (QED) is 0.800. The number of amides is 1. The van der Waals surface area contributed by atoms with Gasteiger partial charge in [-0.2, -0.15) is 0 Å². The van der Waals surface area contributed by atoms with Crippen molar-refractivity contribution in [3.05, 3.63) is 60.3 Å². The molecule has 3 rings (SSSR count). The number of hydrogen-bond donors (Lipinski definition) is 1. The number of hydrogen-bond acceptors (Lipinski definition) is 2. The minimum atomic E-state index is 0.111. The van der Waals surface area contributed by atoms with Crippen LogP contribution in [0.4, 0.5) is 11.4 Å². The van der Waals surface area contributed by atoms with Crippen LogP contribution < -0.4 is 5.32 Å². The summed E-state index contributed by atoms with van der Waals surface area (Å²) in [6.45, 7) is 0. The Morgan fingerprint density at radius 1 is 1.09 bits per heavy atom. The van der Waals surface area contributed by atoms with Gasteiger partial charge in [-0.1, -0.05) is 18.2 Å². The summed E-state index contributed by atoms with van der Waals surface area (Å²) in [5.74, 6) is 0.111. The summed E-state index contributed by atoms with van der Waals surface area (Å²) in [5.41, 5.74) is 4.32. The van der Waals surface area contributed by atoms with E-state index in [0.29, 0.717) is 6.42 Å². The molecule has 0 aliphatic rings. The number of carbonyl (C=O) groups is 1. The van der Waals surface area contributed by atoms with Crippen LogP contribution in [0, 0.1) is 0 Å². The van der Waals surface area contributed by atoms with Crippen molar-refractivity contribution in [2.75, 3.05) is 19.4 Å². The minimum Gasteiger partial charge on any atom is -0.355 e. The van der Waals surface area contributed by atoms with Gasteiger partial charge in [0.25, 0.3) is 0 Å². The lowest BCUT2D eigenvalue weighted by atomic mass is 10.1. The van der Waals surface area contributed by atoms with Gasteiger partial charge in [0.2, 0.25) is 5.91 Å². The average molecular weight is 307 g/mol. The Kier molecular flexibility index (Phi) is 4.06. The van der Waals surface area contributed by atoms with E-state index in [1.165, 1.54) is 10.9 Å². The Balaban J connectivity index is 1.79. The molecule has 2 aromatic carbocycles. The first kappa shape index (κ1) is 15.2. The molecule has 0 atom stereocenters. The molecule has 0 radical (unpaired) electrons. The lowest BCUT2D eigenvalue weighted by Crippen LogP contribution is -2.23. The number of benzene rings is 2. The van der Waals surface area contributed by atoms with Gasteiger partial charge in [0, 0.05) is 49.6 Å². The van der Waals surface area contributed by atoms with Gasteiger partial charge in [0.1, 0.15) is 0 Å². The third-order valence-corrected chi connectivity index (χ3v) is 4.02. The van der Waals surface area contributed by atoms with Crippen LogP contribution in [0.3, 0.4) is 0 Å². The molecule has 0 saturated carbocycles. The predicted molar refractivity (Wildman–Crippen MR) is 95.0 cm³/mol. The maximum Gasteiger partial charge on any atom is 0.226 e. The molecule has 0 aliphatic heterocycles. The Morgan fingerprint density at radius 3 is 2.52 bits per heavy atom. The van der Waals surface area contributed by atoms with E-state index >= 15 is 0 Å². The fraction of sp³-hybridized carbons (Fsp3) is 0.211. The van der Waals surface area contributed by atoms with Crippen LogP contribution in [-0.4, -0.2) is 29.5 Å². The van der Waals surface area contributed by atoms with Gasteiger partial charge < -0.3 is 14.8 Å². The van der Waals surface area contributed by atoms with Crippen molar-refractivity contribution in [2.24, 2.45) is 7.05 Å². The SMILES string of the molecule is CN(C)C(=O)Cc1ccc(Nc2cccc3c2ccn3C)cc1. The van der Waals surface area contributed by atoms with Crippen LogP contribution in [-0.2, 0) is 18.3 Å². The first-order valence-electron chi connectivity index (χ1n) is 7.65. The van der Waals surface area contributed by atoms with Gasteiger partial charge in [-0.25, -0.2) is 0 Å². The molecule has 1 aromatic heterocycles. The molecule has 0 bridgehead atoms. The van der Waals surface area contributed by atoms with Crippen molar-refractivity contribution >= 4 is 28.2 Å². The van der Waals surface area contributed by atoms with Crippen molar-refractivity contribution in [1.82, 2.24) is 9.47 Å². The molecule has 23 heavy (non-hydrogen) atoms. The zero-order valence-corrected chi connectivity index (χ0v) is 13.7. The standard InChI is InChI=1S/C19H21N3O/c1-21(2)19(23)13-14-7-9-15(10-8-14)20-17-5-4-6-18-16(17)11-12-22(18)3/h4-12,20H,13H2,1-3H3. The number of likely N-dealkylation sites (N-methyl/N-ethyl adjacent to an activating group) is 1. The van der Waals surface area contributed by atoms with Crippen LogP contribution >= 0.6 is 0 Å². The van der Waals surface area contributed by atoms with Crippen LogP contribution in [0.25, 0.3) is 10.9 Å². The number of nitrogens with zero attached hydrogens (tertiary/aromatic N) is 2. The molecular formula is C19H21N3O. The van der Waals surface area contributed by atoms with Gasteiger partial charge in [0.15, 0.2) is 0 Å². The van der Waals surface area contributed by atoms with Gasteiger partial charge in [-0.3, -0.25) is 4.79 Å².